The first-order valence-corrected chi connectivity index (χ1v) is 5.07. The van der Waals surface area contributed by atoms with Crippen molar-refractivity contribution in [3.63, 3.8) is 0 Å². The molecule has 0 aromatic heterocycles. The van der Waals surface area contributed by atoms with E-state index in [1.54, 1.807) is 0 Å². The van der Waals surface area contributed by atoms with E-state index in [4.69, 9.17) is 5.11 Å². The molecule has 7 nitrogen and oxygen atoms in total. The molecule has 1 aliphatic rings. The molecule has 1 aliphatic heterocycles. The number of likely N-dealkylation sites (N-methyl/N-ethyl adjacent to an activating group) is 1. The molecule has 1 N–H and O–H groups in total. The highest BCUT2D eigenvalue weighted by Crippen LogP contribution is 2.18. The third-order valence-corrected chi connectivity index (χ3v) is 2.77. The Labute approximate surface area is 89.7 Å². The van der Waals surface area contributed by atoms with E-state index in [0.29, 0.717) is 0 Å². The first-order valence-electron chi connectivity index (χ1n) is 4.03. The Kier molecular flexibility index (Phi) is 3.40. The molecule has 0 bridgehead atoms. The van der Waals surface area contributed by atoms with Gasteiger partial charge in [0.15, 0.2) is 0 Å². The first-order chi connectivity index (χ1) is 6.93. The van der Waals surface area contributed by atoms with Gasteiger partial charge < -0.3 is 5.11 Å². The number of carbonyl (C=O) groups is 3. The van der Waals surface area contributed by atoms with Crippen LogP contribution in [0.1, 0.15) is 0 Å². The van der Waals surface area contributed by atoms with E-state index in [1.807, 2.05) is 0 Å². The minimum atomic E-state index is -1.02. The van der Waals surface area contributed by atoms with Gasteiger partial charge in [-0.2, -0.15) is 9.69 Å². The fraction of sp³-hybridized carbons (Fsp3) is 0.571. The lowest BCUT2D eigenvalue weighted by atomic mass is 10.5. The molecule has 0 radical (unpaired) electrons. The molecule has 1 rings (SSSR count). The number of nitrogens with zero attached hydrogens (tertiary/aromatic N) is 3. The van der Waals surface area contributed by atoms with Crippen LogP contribution in [0.2, 0.25) is 0 Å². The highest BCUT2D eigenvalue weighted by molar-refractivity contribution is 8.01. The van der Waals surface area contributed by atoms with Gasteiger partial charge >= 0.3 is 17.9 Å². The van der Waals surface area contributed by atoms with E-state index in [1.165, 1.54) is 14.1 Å². The summed E-state index contributed by atoms with van der Waals surface area (Å²) in [6.45, 7) is 0. The number of carboxylic acids is 1. The summed E-state index contributed by atoms with van der Waals surface area (Å²) in [5.41, 5.74) is 0. The summed E-state index contributed by atoms with van der Waals surface area (Å²) in [5, 5.41) is 11.4. The molecule has 0 aliphatic carbocycles. The second kappa shape index (κ2) is 4.39. The number of imide groups is 1. The van der Waals surface area contributed by atoms with Crippen LogP contribution in [-0.4, -0.2) is 57.8 Å². The van der Waals surface area contributed by atoms with Crippen LogP contribution in [0.4, 0.5) is 4.79 Å². The van der Waals surface area contributed by atoms with Gasteiger partial charge in [-0.25, -0.2) is 4.79 Å². The number of carboxylic acid groups (broad SMARTS) is 1. The van der Waals surface area contributed by atoms with Gasteiger partial charge in [-0.05, 0) is 0 Å². The van der Waals surface area contributed by atoms with Gasteiger partial charge in [0.2, 0.25) is 5.37 Å². The highest BCUT2D eigenvalue weighted by Gasteiger charge is 2.40. The Morgan fingerprint density at radius 3 is 2.80 bits per heavy atom. The van der Waals surface area contributed by atoms with E-state index < -0.39 is 23.3 Å². The summed E-state index contributed by atoms with van der Waals surface area (Å²) in [4.78, 5) is 33.9. The van der Waals surface area contributed by atoms with Gasteiger partial charge in [-0.3, -0.25) is 4.79 Å². The van der Waals surface area contributed by atoms with Crippen molar-refractivity contribution >= 4 is 29.7 Å². The Bertz CT molecular complexity index is 354. The average Bonchev–Trinajstić information content (AvgIpc) is 2.18. The molecule has 1 heterocycles. The van der Waals surface area contributed by atoms with Crippen molar-refractivity contribution in [3.8, 4) is 0 Å². The second-order valence-corrected chi connectivity index (χ2v) is 3.94. The van der Waals surface area contributed by atoms with Gasteiger partial charge in [-0.1, -0.05) is 5.11 Å². The Hall–Kier alpha value is -1.44. The third kappa shape index (κ3) is 2.52. The molecule has 1 atom stereocenters. The molecule has 0 fully saturated rings. The maximum atomic E-state index is 11.5. The molecule has 82 valence electrons. The quantitative estimate of drug-likeness (QED) is 0.681. The molecule has 15 heavy (non-hydrogen) atoms. The largest absolute Gasteiger partial charge is 0.520 e. The van der Waals surface area contributed by atoms with E-state index >= 15 is 0 Å². The van der Waals surface area contributed by atoms with Crippen LogP contribution in [0.3, 0.4) is 0 Å². The first kappa shape index (κ1) is 11.6. The number of rotatable bonds is 3. The SMILES string of the molecule is CN1C(=O)C(SCC(=O)O)N=[N+](C)C1=O. The van der Waals surface area contributed by atoms with Crippen molar-refractivity contribution in [2.45, 2.75) is 5.37 Å². The smallest absolute Gasteiger partial charge is 0.481 e. The summed E-state index contributed by atoms with van der Waals surface area (Å²) in [6, 6.07) is -0.521. The molecule has 1 unspecified atom stereocenters. The van der Waals surface area contributed by atoms with E-state index in [9.17, 15) is 14.4 Å². The fourth-order valence-corrected chi connectivity index (χ4v) is 1.80. The van der Waals surface area contributed by atoms with Gasteiger partial charge in [0, 0.05) is 0 Å². The lowest BCUT2D eigenvalue weighted by molar-refractivity contribution is -0.480. The summed E-state index contributed by atoms with van der Waals surface area (Å²) in [7, 11) is 2.75. The number of thioether (sulfide) groups is 1. The van der Waals surface area contributed by atoms with E-state index in [2.05, 4.69) is 5.11 Å². The minimum Gasteiger partial charge on any atom is -0.481 e. The van der Waals surface area contributed by atoms with Crippen LogP contribution in [0.15, 0.2) is 5.11 Å². The summed E-state index contributed by atoms with van der Waals surface area (Å²) in [5.74, 6) is -1.75. The molecule has 3 amide bonds. The number of hydrogen-bond donors (Lipinski definition) is 1. The Morgan fingerprint density at radius 1 is 1.67 bits per heavy atom. The van der Waals surface area contributed by atoms with E-state index in [0.717, 1.165) is 21.4 Å². The topological polar surface area (TPSA) is 90.1 Å². The Morgan fingerprint density at radius 2 is 2.27 bits per heavy atom. The van der Waals surface area contributed by atoms with Crippen molar-refractivity contribution in [1.29, 1.82) is 0 Å². The lowest BCUT2D eigenvalue weighted by Crippen LogP contribution is -2.46. The van der Waals surface area contributed by atoms with Crippen LogP contribution in [0, 0.1) is 0 Å². The third-order valence-electron chi connectivity index (χ3n) is 1.75. The number of hydrogen-bond acceptors (Lipinski definition) is 5. The number of amides is 3. The highest BCUT2D eigenvalue weighted by atomic mass is 32.2. The van der Waals surface area contributed by atoms with E-state index in [-0.39, 0.29) is 5.75 Å². The molecular formula is C7H10N3O4S+. The van der Waals surface area contributed by atoms with Gasteiger partial charge in [0.05, 0.1) is 12.8 Å². The molecule has 0 saturated carbocycles. The maximum Gasteiger partial charge on any atom is 0.520 e. The van der Waals surface area contributed by atoms with Gasteiger partial charge in [0.25, 0.3) is 0 Å². The molecule has 0 aromatic carbocycles. The molecule has 0 spiro atoms. The summed E-state index contributed by atoms with van der Waals surface area (Å²) < 4.78 is 1.03. The fourth-order valence-electron chi connectivity index (χ4n) is 0.988. The van der Waals surface area contributed by atoms with Crippen LogP contribution >= 0.6 is 11.8 Å². The predicted octanol–water partition coefficient (Wildman–Crippen LogP) is -0.183. The van der Waals surface area contributed by atoms with Crippen LogP contribution in [-0.2, 0) is 9.59 Å². The number of aliphatic carboxylic acids is 1. The average molecular weight is 232 g/mol. The monoisotopic (exact) mass is 232 g/mol. The molecular weight excluding hydrogens is 222 g/mol. The standard InChI is InChI=1S/C7H9N3O4S/c1-9-6(13)5(15-3-4(11)12)8-10(2)7(9)14/h5H,3H2,1-2H3/p+1. The van der Waals surface area contributed by atoms with Crippen LogP contribution in [0.25, 0.3) is 0 Å². The number of carbonyl (C=O) groups excluding carboxylic acids is 2. The number of urea groups is 1. The maximum absolute atomic E-state index is 11.5. The van der Waals surface area contributed by atoms with Crippen LogP contribution in [0.5, 0.6) is 0 Å². The lowest BCUT2D eigenvalue weighted by Gasteiger charge is -2.16. The predicted molar refractivity (Wildman–Crippen MR) is 50.7 cm³/mol. The minimum absolute atomic E-state index is 0.226. The Balaban J connectivity index is 2.77. The zero-order valence-corrected chi connectivity index (χ0v) is 9.02. The van der Waals surface area contributed by atoms with Crippen molar-refractivity contribution in [3.05, 3.63) is 0 Å². The molecule has 0 saturated heterocycles. The van der Waals surface area contributed by atoms with Crippen molar-refractivity contribution in [2.75, 3.05) is 19.8 Å². The number of azo groups is 2. The van der Waals surface area contributed by atoms with Crippen molar-refractivity contribution in [1.82, 2.24) is 4.90 Å². The normalized spacial score (nSPS) is 21.6. The second-order valence-electron chi connectivity index (χ2n) is 2.88. The molecule has 0 aromatic rings. The molecule has 8 heteroatoms. The summed E-state index contributed by atoms with van der Waals surface area (Å²) >= 11 is 0.872. The van der Waals surface area contributed by atoms with Gasteiger partial charge in [0.1, 0.15) is 7.05 Å². The van der Waals surface area contributed by atoms with Gasteiger partial charge in [-0.15, -0.1) is 16.5 Å². The zero-order chi connectivity index (χ0) is 11.6. The van der Waals surface area contributed by atoms with Crippen molar-refractivity contribution in [2.24, 2.45) is 5.11 Å². The van der Waals surface area contributed by atoms with Crippen molar-refractivity contribution < 1.29 is 24.2 Å². The zero-order valence-electron chi connectivity index (χ0n) is 8.21. The summed E-state index contributed by atoms with van der Waals surface area (Å²) in [6.07, 6.45) is 0. The van der Waals surface area contributed by atoms with Crippen LogP contribution < -0.4 is 0 Å².